The van der Waals surface area contributed by atoms with Gasteiger partial charge in [-0.25, -0.2) is 8.78 Å². The summed E-state index contributed by atoms with van der Waals surface area (Å²) in [5, 5.41) is 9.40. The van der Waals surface area contributed by atoms with Gasteiger partial charge in [-0.05, 0) is 17.5 Å². The minimum atomic E-state index is -6.07. The van der Waals surface area contributed by atoms with E-state index in [9.17, 15) is 45.0 Å². The Morgan fingerprint density at radius 2 is 1.41 bits per heavy atom. The van der Waals surface area contributed by atoms with Gasteiger partial charge in [0.1, 0.15) is 11.6 Å². The Morgan fingerprint density at radius 1 is 0.931 bits per heavy atom. The van der Waals surface area contributed by atoms with E-state index in [1.54, 1.807) is 0 Å². The molecule has 0 bridgehead atoms. The van der Waals surface area contributed by atoms with E-state index in [1.807, 2.05) is 0 Å². The molecular weight excluding hydrogens is 412 g/mol. The van der Waals surface area contributed by atoms with Crippen molar-refractivity contribution in [2.75, 3.05) is 0 Å². The smallest absolute Gasteiger partial charge is 0.369 e. The van der Waals surface area contributed by atoms with Crippen molar-refractivity contribution in [1.29, 1.82) is 0 Å². The molecule has 0 unspecified atom stereocenters. The third kappa shape index (κ3) is 3.73. The zero-order valence-corrected chi connectivity index (χ0v) is 14.9. The highest BCUT2D eigenvalue weighted by atomic mass is 19.4. The number of hydrogen-bond donors (Lipinski definition) is 1. The largest absolute Gasteiger partial charge is 0.430 e. The summed E-state index contributed by atoms with van der Waals surface area (Å²) >= 11 is 0. The van der Waals surface area contributed by atoms with Gasteiger partial charge < -0.3 is 5.11 Å². The summed E-state index contributed by atoms with van der Waals surface area (Å²) in [6, 6.07) is 2.68. The van der Waals surface area contributed by atoms with Gasteiger partial charge in [-0.2, -0.15) is 26.3 Å². The molecule has 2 rings (SSSR count). The third-order valence-corrected chi connectivity index (χ3v) is 4.40. The first-order chi connectivity index (χ1) is 13.2. The fourth-order valence-electron chi connectivity index (χ4n) is 2.95. The Labute approximate surface area is 159 Å². The van der Waals surface area contributed by atoms with E-state index < -0.39 is 52.2 Å². The second-order valence-electron chi connectivity index (χ2n) is 6.61. The fraction of sp³-hybridized carbons (Fsp3) is 0.316. The number of hydrogen-bond acceptors (Lipinski definition) is 2. The predicted molar refractivity (Wildman–Crippen MR) is 87.3 cm³/mol. The lowest BCUT2D eigenvalue weighted by Gasteiger charge is -2.32. The number of aliphatic hydroxyl groups is 1. The normalized spacial score (nSPS) is 13.1. The summed E-state index contributed by atoms with van der Waals surface area (Å²) < 4.78 is 107. The van der Waals surface area contributed by atoms with Gasteiger partial charge in [0.25, 0.3) is 5.60 Å². The summed E-state index contributed by atoms with van der Waals surface area (Å²) in [6.07, 6.45) is -12.1. The van der Waals surface area contributed by atoms with Crippen molar-refractivity contribution >= 4 is 6.29 Å². The number of aldehydes is 1. The van der Waals surface area contributed by atoms with Crippen molar-refractivity contribution in [2.45, 2.75) is 37.7 Å². The molecule has 0 amide bonds. The van der Waals surface area contributed by atoms with Gasteiger partial charge in [-0.1, -0.05) is 38.1 Å². The van der Waals surface area contributed by atoms with Crippen LogP contribution in [0.3, 0.4) is 0 Å². The van der Waals surface area contributed by atoms with Gasteiger partial charge in [-0.15, -0.1) is 0 Å². The van der Waals surface area contributed by atoms with Crippen molar-refractivity contribution in [3.8, 4) is 11.1 Å². The predicted octanol–water partition coefficient (Wildman–Crippen LogP) is 5.88. The van der Waals surface area contributed by atoms with Crippen molar-refractivity contribution in [2.24, 2.45) is 0 Å². The highest BCUT2D eigenvalue weighted by molar-refractivity contribution is 5.80. The Balaban J connectivity index is 2.71. The van der Waals surface area contributed by atoms with E-state index in [0.29, 0.717) is 30.3 Å². The second kappa shape index (κ2) is 7.40. The molecule has 2 aromatic rings. The summed E-state index contributed by atoms with van der Waals surface area (Å²) in [6.45, 7) is 2.94. The Morgan fingerprint density at radius 3 is 1.79 bits per heavy atom. The molecule has 29 heavy (non-hydrogen) atoms. The molecule has 2 nitrogen and oxygen atoms in total. The first kappa shape index (κ1) is 22.8. The molecule has 0 aliphatic heterocycles. The summed E-state index contributed by atoms with van der Waals surface area (Å²) in [5.74, 6) is -2.79. The van der Waals surface area contributed by atoms with Crippen LogP contribution in [0.25, 0.3) is 11.1 Å². The average molecular weight is 426 g/mol. The van der Waals surface area contributed by atoms with Gasteiger partial charge in [0.05, 0.1) is 5.56 Å². The molecule has 0 fully saturated rings. The van der Waals surface area contributed by atoms with E-state index in [0.717, 1.165) is 0 Å². The molecule has 0 saturated heterocycles. The van der Waals surface area contributed by atoms with Crippen LogP contribution in [-0.2, 0) is 5.60 Å². The van der Waals surface area contributed by atoms with E-state index in [4.69, 9.17) is 0 Å². The van der Waals surface area contributed by atoms with Crippen LogP contribution >= 0.6 is 0 Å². The number of carbonyl (C=O) groups excluding carboxylic acids is 1. The third-order valence-electron chi connectivity index (χ3n) is 4.40. The number of carbonyl (C=O) groups is 1. The molecule has 0 aliphatic rings. The maximum absolute atomic E-state index is 14.5. The number of halogens is 8. The molecule has 0 spiro atoms. The summed E-state index contributed by atoms with van der Waals surface area (Å²) in [4.78, 5) is 10.9. The summed E-state index contributed by atoms with van der Waals surface area (Å²) in [7, 11) is 0. The van der Waals surface area contributed by atoms with Crippen LogP contribution in [-0.4, -0.2) is 23.7 Å². The molecule has 1 N–H and O–H groups in total. The standard InChI is InChI=1S/C19H14F8O2/c1-9(2)14-15(13(20)7-11(8-28)16(14)21)10-3-5-12(6-4-10)17(29,18(22,23)24)19(25,26)27/h3-9,29H,1-2H3. The Bertz CT molecular complexity index is 898. The lowest BCUT2D eigenvalue weighted by atomic mass is 9.87. The lowest BCUT2D eigenvalue weighted by molar-refractivity contribution is -0.376. The zero-order chi connectivity index (χ0) is 22.4. The highest BCUT2D eigenvalue weighted by Crippen LogP contribution is 2.50. The molecule has 0 heterocycles. The van der Waals surface area contributed by atoms with Crippen LogP contribution in [0.5, 0.6) is 0 Å². The Hall–Kier alpha value is -2.49. The maximum atomic E-state index is 14.5. The van der Waals surface area contributed by atoms with Crippen LogP contribution in [0, 0.1) is 11.6 Å². The van der Waals surface area contributed by atoms with Gasteiger partial charge in [0.15, 0.2) is 6.29 Å². The summed E-state index contributed by atoms with van der Waals surface area (Å²) in [5.41, 5.74) is -8.13. The van der Waals surface area contributed by atoms with Crippen LogP contribution in [0.1, 0.15) is 41.3 Å². The fourth-order valence-corrected chi connectivity index (χ4v) is 2.95. The molecule has 158 valence electrons. The van der Waals surface area contributed by atoms with Crippen molar-refractivity contribution < 1.29 is 45.0 Å². The highest BCUT2D eigenvalue weighted by Gasteiger charge is 2.71. The quantitative estimate of drug-likeness (QED) is 0.490. The molecule has 0 aliphatic carbocycles. The molecule has 2 aromatic carbocycles. The number of rotatable bonds is 4. The van der Waals surface area contributed by atoms with E-state index in [1.165, 1.54) is 13.8 Å². The second-order valence-corrected chi connectivity index (χ2v) is 6.61. The molecule has 0 radical (unpaired) electrons. The minimum absolute atomic E-state index is 0.0873. The SMILES string of the molecule is CC(C)c1c(F)c(C=O)cc(F)c1-c1ccc(C(O)(C(F)(F)F)C(F)(F)F)cc1. The maximum Gasteiger partial charge on any atom is 0.430 e. The van der Waals surface area contributed by atoms with Crippen molar-refractivity contribution in [3.05, 3.63) is 58.7 Å². The van der Waals surface area contributed by atoms with E-state index >= 15 is 0 Å². The monoisotopic (exact) mass is 426 g/mol. The van der Waals surface area contributed by atoms with Crippen molar-refractivity contribution in [3.63, 3.8) is 0 Å². The Kier molecular flexibility index (Phi) is 5.82. The number of alkyl halides is 6. The number of benzene rings is 2. The van der Waals surface area contributed by atoms with Gasteiger partial charge in [-0.3, -0.25) is 4.79 Å². The topological polar surface area (TPSA) is 37.3 Å². The first-order valence-corrected chi connectivity index (χ1v) is 8.10. The van der Waals surface area contributed by atoms with Gasteiger partial charge >= 0.3 is 12.4 Å². The lowest BCUT2D eigenvalue weighted by Crippen LogP contribution is -2.53. The van der Waals surface area contributed by atoms with Crippen LogP contribution < -0.4 is 0 Å². The van der Waals surface area contributed by atoms with Crippen LogP contribution in [0.4, 0.5) is 35.1 Å². The van der Waals surface area contributed by atoms with E-state index in [2.05, 4.69) is 0 Å². The molecule has 0 aromatic heterocycles. The first-order valence-electron chi connectivity index (χ1n) is 8.10. The van der Waals surface area contributed by atoms with Gasteiger partial charge in [0.2, 0.25) is 0 Å². The molecule has 10 heteroatoms. The molecular formula is C19H14F8O2. The van der Waals surface area contributed by atoms with Crippen LogP contribution in [0.2, 0.25) is 0 Å². The van der Waals surface area contributed by atoms with Gasteiger partial charge in [0, 0.05) is 16.7 Å². The zero-order valence-electron chi connectivity index (χ0n) is 14.9. The van der Waals surface area contributed by atoms with Crippen molar-refractivity contribution in [1.82, 2.24) is 0 Å². The minimum Gasteiger partial charge on any atom is -0.369 e. The molecule has 0 atom stereocenters. The average Bonchev–Trinajstić information content (AvgIpc) is 2.60. The van der Waals surface area contributed by atoms with E-state index in [-0.39, 0.29) is 17.4 Å². The molecule has 0 saturated carbocycles. The van der Waals surface area contributed by atoms with Crippen LogP contribution in [0.15, 0.2) is 30.3 Å².